The Labute approximate surface area is 168 Å². The largest absolute Gasteiger partial charge is 0.460 e. The number of hydrogen-bond donors (Lipinski definition) is 1. The zero-order valence-corrected chi connectivity index (χ0v) is 16.1. The van der Waals surface area contributed by atoms with Gasteiger partial charge in [0.2, 0.25) is 0 Å². The third-order valence-corrected chi connectivity index (χ3v) is 5.72. The zero-order valence-electron chi connectivity index (χ0n) is 15.4. The molecular formula is C20H21ClN6O. The van der Waals surface area contributed by atoms with E-state index in [0.717, 1.165) is 54.6 Å². The Balaban J connectivity index is 1.37. The van der Waals surface area contributed by atoms with Crippen LogP contribution < -0.4 is 10.1 Å². The maximum absolute atomic E-state index is 6.21. The SMILES string of the molecule is Clc1ccc2c(c1)CNCc1nnc(C3CCC(Oc4ncccn4)CC3)n1-2. The molecule has 0 amide bonds. The number of halogens is 1. The van der Waals surface area contributed by atoms with Crippen molar-refractivity contribution in [1.29, 1.82) is 0 Å². The molecule has 1 aliphatic heterocycles. The molecule has 0 spiro atoms. The van der Waals surface area contributed by atoms with E-state index in [-0.39, 0.29) is 6.10 Å². The standard InChI is InChI=1S/C20H21ClN6O/c21-15-4-7-17-14(10-15)11-22-12-18-25-26-19(27(17)18)13-2-5-16(6-3-13)28-20-23-8-1-9-24-20/h1,4,7-10,13,16,22H,2-3,5-6,11-12H2. The van der Waals surface area contributed by atoms with E-state index in [1.807, 2.05) is 12.1 Å². The van der Waals surface area contributed by atoms with Gasteiger partial charge in [-0.15, -0.1) is 10.2 Å². The average Bonchev–Trinajstić information content (AvgIpc) is 3.05. The molecule has 0 radical (unpaired) electrons. The molecule has 28 heavy (non-hydrogen) atoms. The van der Waals surface area contributed by atoms with Crippen LogP contribution in [0.3, 0.4) is 0 Å². The minimum atomic E-state index is 0.151. The first-order chi connectivity index (χ1) is 13.8. The third kappa shape index (κ3) is 3.36. The van der Waals surface area contributed by atoms with Crippen molar-refractivity contribution in [2.45, 2.75) is 50.8 Å². The smallest absolute Gasteiger partial charge is 0.316 e. The molecule has 1 fully saturated rings. The highest BCUT2D eigenvalue weighted by Crippen LogP contribution is 2.36. The molecule has 2 aromatic heterocycles. The summed E-state index contributed by atoms with van der Waals surface area (Å²) >= 11 is 6.21. The van der Waals surface area contributed by atoms with Crippen LogP contribution in [-0.4, -0.2) is 30.8 Å². The van der Waals surface area contributed by atoms with Gasteiger partial charge in [-0.3, -0.25) is 4.57 Å². The summed E-state index contributed by atoms with van der Waals surface area (Å²) in [5.74, 6) is 2.35. The summed E-state index contributed by atoms with van der Waals surface area (Å²) < 4.78 is 8.15. The van der Waals surface area contributed by atoms with Crippen LogP contribution in [0.4, 0.5) is 0 Å². The van der Waals surface area contributed by atoms with Crippen molar-refractivity contribution < 1.29 is 4.74 Å². The van der Waals surface area contributed by atoms with Crippen LogP contribution >= 0.6 is 11.6 Å². The fraction of sp³-hybridized carbons (Fsp3) is 0.400. The maximum Gasteiger partial charge on any atom is 0.316 e. The molecule has 0 atom stereocenters. The number of hydrogen-bond acceptors (Lipinski definition) is 6. The van der Waals surface area contributed by atoms with Gasteiger partial charge < -0.3 is 10.1 Å². The Morgan fingerprint density at radius 1 is 1.04 bits per heavy atom. The Morgan fingerprint density at radius 3 is 2.68 bits per heavy atom. The molecular weight excluding hydrogens is 376 g/mol. The molecule has 1 aliphatic carbocycles. The van der Waals surface area contributed by atoms with E-state index in [9.17, 15) is 0 Å². The summed E-state index contributed by atoms with van der Waals surface area (Å²) in [6, 6.07) is 8.28. The molecule has 1 saturated carbocycles. The Hall–Kier alpha value is -2.51. The van der Waals surface area contributed by atoms with Gasteiger partial charge in [0.25, 0.3) is 0 Å². The molecule has 3 aromatic rings. The Bertz CT molecular complexity index is 968. The topological polar surface area (TPSA) is 77.8 Å². The van der Waals surface area contributed by atoms with Crippen LogP contribution in [0, 0.1) is 0 Å². The first kappa shape index (κ1) is 17.6. The lowest BCUT2D eigenvalue weighted by atomic mass is 9.86. The fourth-order valence-corrected chi connectivity index (χ4v) is 4.32. The molecule has 2 aliphatic rings. The van der Waals surface area contributed by atoms with Crippen LogP contribution in [0.15, 0.2) is 36.7 Å². The van der Waals surface area contributed by atoms with Crippen LogP contribution in [0.25, 0.3) is 5.69 Å². The van der Waals surface area contributed by atoms with Crippen molar-refractivity contribution in [1.82, 2.24) is 30.0 Å². The summed E-state index contributed by atoms with van der Waals surface area (Å²) in [4.78, 5) is 8.33. The second-order valence-electron chi connectivity index (χ2n) is 7.31. The number of ether oxygens (including phenoxy) is 1. The van der Waals surface area contributed by atoms with E-state index in [1.165, 1.54) is 5.56 Å². The molecule has 5 rings (SSSR count). The summed E-state index contributed by atoms with van der Waals surface area (Å²) in [5.41, 5.74) is 2.30. The van der Waals surface area contributed by atoms with Gasteiger partial charge in [0, 0.05) is 29.9 Å². The molecule has 3 heterocycles. The normalized spacial score (nSPS) is 21.5. The van der Waals surface area contributed by atoms with Crippen LogP contribution in [0.1, 0.15) is 48.8 Å². The second-order valence-corrected chi connectivity index (χ2v) is 7.75. The van der Waals surface area contributed by atoms with Crippen molar-refractivity contribution in [2.24, 2.45) is 0 Å². The molecule has 8 heteroatoms. The quantitative estimate of drug-likeness (QED) is 0.730. The number of nitrogens with zero attached hydrogens (tertiary/aromatic N) is 5. The molecule has 7 nitrogen and oxygen atoms in total. The highest BCUT2D eigenvalue weighted by atomic mass is 35.5. The van der Waals surface area contributed by atoms with E-state index in [0.29, 0.717) is 18.5 Å². The molecule has 0 unspecified atom stereocenters. The Morgan fingerprint density at radius 2 is 1.86 bits per heavy atom. The number of aromatic nitrogens is 5. The lowest BCUT2D eigenvalue weighted by Gasteiger charge is -2.28. The van der Waals surface area contributed by atoms with E-state index >= 15 is 0 Å². The first-order valence-electron chi connectivity index (χ1n) is 9.65. The van der Waals surface area contributed by atoms with Crippen molar-refractivity contribution in [3.05, 3.63) is 58.9 Å². The minimum absolute atomic E-state index is 0.151. The molecule has 1 aromatic carbocycles. The van der Waals surface area contributed by atoms with Gasteiger partial charge in [0.15, 0.2) is 5.82 Å². The van der Waals surface area contributed by atoms with Gasteiger partial charge in [-0.1, -0.05) is 11.6 Å². The Kier molecular flexibility index (Phi) is 4.70. The maximum atomic E-state index is 6.21. The monoisotopic (exact) mass is 396 g/mol. The van der Waals surface area contributed by atoms with Gasteiger partial charge in [-0.2, -0.15) is 0 Å². The van der Waals surface area contributed by atoms with Gasteiger partial charge in [0.1, 0.15) is 11.9 Å². The number of nitrogens with one attached hydrogen (secondary N) is 1. The molecule has 144 valence electrons. The number of benzene rings is 1. The summed E-state index contributed by atoms with van der Waals surface area (Å²) in [6.07, 6.45) is 7.48. The van der Waals surface area contributed by atoms with Crippen molar-refractivity contribution in [3.8, 4) is 11.7 Å². The van der Waals surface area contributed by atoms with Crippen molar-refractivity contribution in [2.75, 3.05) is 0 Å². The lowest BCUT2D eigenvalue weighted by Crippen LogP contribution is -2.25. The predicted molar refractivity (Wildman–Crippen MR) is 105 cm³/mol. The van der Waals surface area contributed by atoms with E-state index in [4.69, 9.17) is 16.3 Å². The zero-order chi connectivity index (χ0) is 18.9. The molecule has 0 bridgehead atoms. The van der Waals surface area contributed by atoms with E-state index < -0.39 is 0 Å². The van der Waals surface area contributed by atoms with Gasteiger partial charge in [-0.05, 0) is 55.5 Å². The minimum Gasteiger partial charge on any atom is -0.460 e. The van der Waals surface area contributed by atoms with Gasteiger partial charge in [-0.25, -0.2) is 9.97 Å². The van der Waals surface area contributed by atoms with E-state index in [1.54, 1.807) is 18.5 Å². The van der Waals surface area contributed by atoms with Crippen LogP contribution in [0.5, 0.6) is 6.01 Å². The van der Waals surface area contributed by atoms with Crippen molar-refractivity contribution >= 4 is 11.6 Å². The lowest BCUT2D eigenvalue weighted by molar-refractivity contribution is 0.132. The van der Waals surface area contributed by atoms with Gasteiger partial charge >= 0.3 is 6.01 Å². The first-order valence-corrected chi connectivity index (χ1v) is 10.0. The summed E-state index contributed by atoms with van der Waals surface area (Å²) in [5, 5.41) is 13.2. The van der Waals surface area contributed by atoms with E-state index in [2.05, 4.69) is 36.1 Å². The highest BCUT2D eigenvalue weighted by Gasteiger charge is 2.30. The van der Waals surface area contributed by atoms with Gasteiger partial charge in [0.05, 0.1) is 12.2 Å². The molecule has 0 saturated heterocycles. The van der Waals surface area contributed by atoms with Crippen molar-refractivity contribution in [3.63, 3.8) is 0 Å². The second kappa shape index (κ2) is 7.48. The average molecular weight is 397 g/mol. The summed E-state index contributed by atoms with van der Waals surface area (Å²) in [7, 11) is 0. The fourth-order valence-electron chi connectivity index (χ4n) is 4.13. The highest BCUT2D eigenvalue weighted by molar-refractivity contribution is 6.30. The number of fused-ring (bicyclic) bond motifs is 3. The third-order valence-electron chi connectivity index (χ3n) is 5.49. The number of rotatable bonds is 3. The predicted octanol–water partition coefficient (Wildman–Crippen LogP) is 3.42. The summed E-state index contributed by atoms with van der Waals surface area (Å²) in [6.45, 7) is 1.47. The molecule has 1 N–H and O–H groups in total. The van der Waals surface area contributed by atoms with Crippen LogP contribution in [-0.2, 0) is 13.1 Å². The van der Waals surface area contributed by atoms with Crippen LogP contribution in [0.2, 0.25) is 5.02 Å².